The fourth-order valence-electron chi connectivity index (χ4n) is 3.46. The first-order chi connectivity index (χ1) is 12.3. The number of hydrogen-bond donors (Lipinski definition) is 0. The predicted octanol–water partition coefficient (Wildman–Crippen LogP) is 2.85. The Labute approximate surface area is 145 Å². The van der Waals surface area contributed by atoms with Gasteiger partial charge in [-0.3, -0.25) is 4.79 Å². The first kappa shape index (κ1) is 15.8. The Hall–Kier alpha value is -2.70. The van der Waals surface area contributed by atoms with Crippen LogP contribution < -0.4 is 0 Å². The number of pyridine rings is 1. The lowest BCUT2D eigenvalue weighted by Crippen LogP contribution is -2.40. The molecule has 3 aromatic heterocycles. The number of nitrogens with zero attached hydrogens (tertiary/aromatic N) is 5. The van der Waals surface area contributed by atoms with Crippen LogP contribution in [0.5, 0.6) is 0 Å². The molecule has 0 aliphatic carbocycles. The summed E-state index contributed by atoms with van der Waals surface area (Å²) in [6, 6.07) is 2.15. The Morgan fingerprint density at radius 1 is 1.44 bits per heavy atom. The summed E-state index contributed by atoms with van der Waals surface area (Å²) in [5.74, 6) is 0.0165. The highest BCUT2D eigenvalue weighted by atomic mass is 16.5. The smallest absolute Gasteiger partial charge is 0.257 e. The summed E-state index contributed by atoms with van der Waals surface area (Å²) >= 11 is 0. The van der Waals surface area contributed by atoms with E-state index in [4.69, 9.17) is 4.52 Å². The van der Waals surface area contributed by atoms with Crippen LogP contribution in [0.3, 0.4) is 0 Å². The van der Waals surface area contributed by atoms with Crippen LogP contribution in [-0.2, 0) is 6.42 Å². The summed E-state index contributed by atoms with van der Waals surface area (Å²) in [6.45, 7) is 3.55. The summed E-state index contributed by atoms with van der Waals surface area (Å²) in [5.41, 5.74) is 1.96. The van der Waals surface area contributed by atoms with Crippen molar-refractivity contribution in [3.8, 4) is 0 Å². The van der Waals surface area contributed by atoms with Crippen LogP contribution in [0.15, 0.2) is 35.5 Å². The lowest BCUT2D eigenvalue weighted by Gasteiger charge is -2.33. The van der Waals surface area contributed by atoms with Crippen molar-refractivity contribution in [3.05, 3.63) is 42.2 Å². The fourth-order valence-corrected chi connectivity index (χ4v) is 3.46. The molecule has 0 bridgehead atoms. The number of aryl methyl sites for hydroxylation is 1. The first-order valence-electron chi connectivity index (χ1n) is 8.77. The van der Waals surface area contributed by atoms with Crippen LogP contribution in [0.4, 0.5) is 0 Å². The molecule has 25 heavy (non-hydrogen) atoms. The monoisotopic (exact) mass is 339 g/mol. The van der Waals surface area contributed by atoms with E-state index in [0.29, 0.717) is 17.8 Å². The number of carbonyl (C=O) groups is 1. The van der Waals surface area contributed by atoms with E-state index in [-0.39, 0.29) is 11.9 Å². The van der Waals surface area contributed by atoms with Crippen LogP contribution in [0.2, 0.25) is 0 Å². The number of piperidine rings is 1. The molecule has 1 saturated heterocycles. The fraction of sp³-hybridized carbons (Fsp3) is 0.444. The Bertz CT molecular complexity index is 871. The number of aromatic nitrogens is 4. The van der Waals surface area contributed by atoms with Gasteiger partial charge in [0.05, 0.1) is 29.0 Å². The third-order valence-corrected chi connectivity index (χ3v) is 4.77. The van der Waals surface area contributed by atoms with Crippen LogP contribution in [0.25, 0.3) is 11.1 Å². The van der Waals surface area contributed by atoms with Gasteiger partial charge in [0, 0.05) is 31.7 Å². The number of rotatable bonds is 4. The van der Waals surface area contributed by atoms with Crippen molar-refractivity contribution in [3.63, 3.8) is 0 Å². The molecule has 0 N–H and O–H groups in total. The van der Waals surface area contributed by atoms with Crippen molar-refractivity contribution in [1.29, 1.82) is 0 Å². The van der Waals surface area contributed by atoms with Crippen LogP contribution in [-0.4, -0.2) is 43.6 Å². The van der Waals surface area contributed by atoms with Gasteiger partial charge in [-0.1, -0.05) is 18.5 Å². The number of carbonyl (C=O) groups excluding carboxylic acids is 1. The third-order valence-electron chi connectivity index (χ3n) is 4.77. The van der Waals surface area contributed by atoms with Crippen molar-refractivity contribution in [1.82, 2.24) is 24.6 Å². The normalized spacial score (nSPS) is 18.0. The topological polar surface area (TPSA) is 77.0 Å². The highest BCUT2D eigenvalue weighted by Gasteiger charge is 2.26. The average molecular weight is 339 g/mol. The van der Waals surface area contributed by atoms with Gasteiger partial charge in [-0.15, -0.1) is 0 Å². The van der Waals surface area contributed by atoms with Crippen LogP contribution >= 0.6 is 0 Å². The Morgan fingerprint density at radius 3 is 3.16 bits per heavy atom. The maximum Gasteiger partial charge on any atom is 0.257 e. The molecule has 0 unspecified atom stereocenters. The Morgan fingerprint density at radius 2 is 2.36 bits per heavy atom. The molecule has 1 fully saturated rings. The zero-order valence-corrected chi connectivity index (χ0v) is 14.3. The van der Waals surface area contributed by atoms with Gasteiger partial charge in [0.15, 0.2) is 0 Å². The van der Waals surface area contributed by atoms with E-state index in [2.05, 4.69) is 26.6 Å². The molecule has 1 aliphatic heterocycles. The second-order valence-corrected chi connectivity index (χ2v) is 6.51. The zero-order valence-electron chi connectivity index (χ0n) is 14.3. The van der Waals surface area contributed by atoms with Crippen molar-refractivity contribution in [2.24, 2.45) is 0 Å². The van der Waals surface area contributed by atoms with Gasteiger partial charge in [-0.2, -0.15) is 0 Å². The van der Waals surface area contributed by atoms with Gasteiger partial charge >= 0.3 is 0 Å². The van der Waals surface area contributed by atoms with Gasteiger partial charge in [0.25, 0.3) is 11.6 Å². The van der Waals surface area contributed by atoms with E-state index in [1.165, 1.54) is 0 Å². The predicted molar refractivity (Wildman–Crippen MR) is 92.2 cm³/mol. The molecule has 3 aromatic rings. The number of likely N-dealkylation sites (tertiary alicyclic amines) is 1. The van der Waals surface area contributed by atoms with E-state index < -0.39 is 0 Å². The minimum atomic E-state index is 0.0165. The lowest BCUT2D eigenvalue weighted by atomic mass is 10.0. The maximum absolute atomic E-state index is 13.0. The summed E-state index contributed by atoms with van der Waals surface area (Å²) in [6.07, 6.45) is 11.0. The summed E-state index contributed by atoms with van der Waals surface area (Å²) < 4.78 is 7.34. The molecule has 1 amide bonds. The highest BCUT2D eigenvalue weighted by Crippen LogP contribution is 2.24. The molecule has 1 aliphatic rings. The number of imidazole rings is 1. The molecule has 1 atom stereocenters. The minimum Gasteiger partial charge on any atom is -0.337 e. The van der Waals surface area contributed by atoms with Crippen LogP contribution in [0.1, 0.15) is 48.3 Å². The molecule has 0 saturated carbocycles. The van der Waals surface area contributed by atoms with Gasteiger partial charge in [-0.05, 0) is 25.3 Å². The highest BCUT2D eigenvalue weighted by molar-refractivity contribution is 5.97. The summed E-state index contributed by atoms with van der Waals surface area (Å²) in [7, 11) is 0. The SMILES string of the molecule is CCCc1noc2ncc(C(=O)N3CCC[C@@H](n4ccnc4)C3)cc12. The van der Waals surface area contributed by atoms with Crippen molar-refractivity contribution in [2.75, 3.05) is 13.1 Å². The third kappa shape index (κ3) is 3.01. The molecule has 7 heteroatoms. The lowest BCUT2D eigenvalue weighted by molar-refractivity contribution is 0.0679. The molecule has 4 rings (SSSR count). The molecule has 130 valence electrons. The number of amides is 1. The number of fused-ring (bicyclic) bond motifs is 1. The first-order valence-corrected chi connectivity index (χ1v) is 8.77. The minimum absolute atomic E-state index is 0.0165. The second-order valence-electron chi connectivity index (χ2n) is 6.51. The summed E-state index contributed by atoms with van der Waals surface area (Å²) in [5, 5.41) is 4.91. The van der Waals surface area contributed by atoms with Crippen LogP contribution in [0, 0.1) is 0 Å². The summed E-state index contributed by atoms with van der Waals surface area (Å²) in [4.78, 5) is 23.3. The van der Waals surface area contributed by atoms with Crippen molar-refractivity contribution in [2.45, 2.75) is 38.6 Å². The van der Waals surface area contributed by atoms with E-state index in [9.17, 15) is 4.79 Å². The van der Waals surface area contributed by atoms with E-state index in [1.807, 2.05) is 23.5 Å². The van der Waals surface area contributed by atoms with E-state index in [1.54, 1.807) is 12.4 Å². The molecule has 4 heterocycles. The molecule has 0 radical (unpaired) electrons. The number of hydrogen-bond acceptors (Lipinski definition) is 5. The Balaban J connectivity index is 1.57. The Kier molecular flexibility index (Phi) is 4.21. The van der Waals surface area contributed by atoms with Gasteiger partial charge < -0.3 is 14.0 Å². The standard InChI is InChI=1S/C18H21N5O2/c1-2-4-16-15-9-13(10-20-17(15)25-21-16)18(24)22-7-3-5-14(11-22)23-8-6-19-12-23/h6,8-10,12,14H,2-5,7,11H2,1H3/t14-/m1/s1. The molecular formula is C18H21N5O2. The van der Waals surface area contributed by atoms with Crippen molar-refractivity contribution < 1.29 is 9.32 Å². The quantitative estimate of drug-likeness (QED) is 0.730. The van der Waals surface area contributed by atoms with Gasteiger partial charge in [0.1, 0.15) is 0 Å². The molecular weight excluding hydrogens is 318 g/mol. The molecule has 7 nitrogen and oxygen atoms in total. The van der Waals surface area contributed by atoms with E-state index in [0.717, 1.165) is 43.3 Å². The zero-order chi connectivity index (χ0) is 17.2. The van der Waals surface area contributed by atoms with Gasteiger partial charge in [-0.25, -0.2) is 9.97 Å². The second kappa shape index (κ2) is 6.66. The average Bonchev–Trinajstić information content (AvgIpc) is 3.32. The van der Waals surface area contributed by atoms with E-state index >= 15 is 0 Å². The molecule has 0 spiro atoms. The van der Waals surface area contributed by atoms with Crippen molar-refractivity contribution >= 4 is 17.0 Å². The molecule has 0 aromatic carbocycles. The van der Waals surface area contributed by atoms with Gasteiger partial charge in [0.2, 0.25) is 0 Å². The largest absolute Gasteiger partial charge is 0.337 e. The maximum atomic E-state index is 13.0.